The van der Waals surface area contributed by atoms with Gasteiger partial charge in [-0.05, 0) is 0 Å². The minimum absolute atomic E-state index is 0. The van der Waals surface area contributed by atoms with Crippen molar-refractivity contribution in [2.45, 2.75) is 7.43 Å². The number of hydrogen-bond acceptors (Lipinski definition) is 0. The third-order valence-electron chi connectivity index (χ3n) is 0. The second-order valence-corrected chi connectivity index (χ2v) is 0. The molecule has 0 saturated heterocycles. The van der Waals surface area contributed by atoms with Gasteiger partial charge in [0, 0.05) is 66.3 Å². The van der Waals surface area contributed by atoms with E-state index in [0.717, 1.165) is 0 Å². The SMILES string of the molecule is C.[B].[Fe].[Nd]. The third-order valence-corrected chi connectivity index (χ3v) is 0. The molecule has 0 N–H and O–H groups in total. The van der Waals surface area contributed by atoms with E-state index in [4.69, 9.17) is 0 Å². The van der Waals surface area contributed by atoms with E-state index in [2.05, 4.69) is 0 Å². The molecule has 0 amide bonds. The van der Waals surface area contributed by atoms with Crippen LogP contribution in [0.3, 0.4) is 0 Å². The molecule has 0 heterocycles. The van der Waals surface area contributed by atoms with Crippen molar-refractivity contribution in [3.63, 3.8) is 0 Å². The van der Waals surface area contributed by atoms with Crippen LogP contribution in [0, 0.1) is 40.8 Å². The quantitative estimate of drug-likeness (QED) is 0.520. The molecule has 0 unspecified atom stereocenters. The number of hydrogen-bond donors (Lipinski definition) is 0. The normalized spacial score (nSPS) is 0. The van der Waals surface area contributed by atoms with Crippen molar-refractivity contribution in [1.29, 1.82) is 0 Å². The van der Waals surface area contributed by atoms with E-state index in [0.29, 0.717) is 0 Å². The van der Waals surface area contributed by atoms with Crippen LogP contribution in [0.15, 0.2) is 0 Å². The molecule has 0 saturated carbocycles. The van der Waals surface area contributed by atoms with Gasteiger partial charge >= 0.3 is 0 Å². The van der Waals surface area contributed by atoms with Crippen molar-refractivity contribution < 1.29 is 57.9 Å². The van der Waals surface area contributed by atoms with E-state index < -0.39 is 0 Å². The molecule has 0 fully saturated rings. The van der Waals surface area contributed by atoms with Crippen molar-refractivity contribution >= 4 is 8.41 Å². The Kier molecular flexibility index (Phi) is 197. The first kappa shape index (κ1) is 38.6. The standard InChI is InChI=1S/CH4.B.Fe.Nd/h1H4;;;. The van der Waals surface area contributed by atoms with Crippen molar-refractivity contribution in [2.24, 2.45) is 0 Å². The molecular formula is CH4BFeNd. The molecule has 0 nitrogen and oxygen atoms in total. The van der Waals surface area contributed by atoms with Crippen LogP contribution < -0.4 is 0 Å². The Bertz CT molecular complexity index is 8.00. The van der Waals surface area contributed by atoms with Crippen LogP contribution in [-0.4, -0.2) is 8.41 Å². The van der Waals surface area contributed by atoms with Gasteiger partial charge in [-0.15, -0.1) is 0 Å². The molecule has 0 aromatic carbocycles. The van der Waals surface area contributed by atoms with Gasteiger partial charge in [-0.3, -0.25) is 0 Å². The van der Waals surface area contributed by atoms with Crippen LogP contribution in [0.2, 0.25) is 0 Å². The summed E-state index contributed by atoms with van der Waals surface area (Å²) >= 11 is 0. The molecule has 0 rings (SSSR count). The topological polar surface area (TPSA) is 0 Å². The summed E-state index contributed by atoms with van der Waals surface area (Å²) in [5, 5.41) is 0. The van der Waals surface area contributed by atoms with Gasteiger partial charge in [0.15, 0.2) is 0 Å². The Morgan fingerprint density at radius 1 is 1.00 bits per heavy atom. The molecule has 0 spiro atoms. The fourth-order valence-corrected chi connectivity index (χ4v) is 0. The van der Waals surface area contributed by atoms with Crippen molar-refractivity contribution in [3.8, 4) is 0 Å². The molecular weight excluding hydrogens is 223 g/mol. The third kappa shape index (κ3) is 9.05. The van der Waals surface area contributed by atoms with E-state index in [9.17, 15) is 0 Å². The van der Waals surface area contributed by atoms with Gasteiger partial charge in [-0.2, -0.15) is 0 Å². The molecule has 3 heteroatoms. The van der Waals surface area contributed by atoms with E-state index in [1.54, 1.807) is 0 Å². The second kappa shape index (κ2) is 20.4. The predicted octanol–water partition coefficient (Wildman–Crippen LogP) is 0.253. The average molecular weight is 227 g/mol. The smallest absolute Gasteiger partial charge is 0 e. The Labute approximate surface area is 72.7 Å². The molecule has 0 aliphatic heterocycles. The van der Waals surface area contributed by atoms with Crippen LogP contribution in [0.4, 0.5) is 0 Å². The van der Waals surface area contributed by atoms with Crippen LogP contribution in [-0.2, 0) is 17.1 Å². The molecule has 0 aliphatic rings. The maximum absolute atomic E-state index is 0. The van der Waals surface area contributed by atoms with E-state index in [-0.39, 0.29) is 73.7 Å². The zero-order valence-electron chi connectivity index (χ0n) is 1.43. The summed E-state index contributed by atoms with van der Waals surface area (Å²) in [7, 11) is 0. The summed E-state index contributed by atoms with van der Waals surface area (Å²) < 4.78 is 0. The largest absolute Gasteiger partial charge is 0.0776 e. The Morgan fingerprint density at radius 3 is 1.00 bits per heavy atom. The zero-order chi connectivity index (χ0) is 0. The maximum atomic E-state index is 0. The first-order valence-corrected chi connectivity index (χ1v) is 0. The molecule has 0 bridgehead atoms. The van der Waals surface area contributed by atoms with E-state index >= 15 is 0 Å². The van der Waals surface area contributed by atoms with Crippen LogP contribution >= 0.6 is 0 Å². The van der Waals surface area contributed by atoms with Crippen molar-refractivity contribution in [2.75, 3.05) is 0 Å². The van der Waals surface area contributed by atoms with E-state index in [1.807, 2.05) is 0 Å². The van der Waals surface area contributed by atoms with Gasteiger partial charge in [-0.25, -0.2) is 0 Å². The summed E-state index contributed by atoms with van der Waals surface area (Å²) in [5.41, 5.74) is 0. The second-order valence-electron chi connectivity index (χ2n) is 0. The Hall–Kier alpha value is 1.94. The van der Waals surface area contributed by atoms with Gasteiger partial charge in [0.25, 0.3) is 0 Å². The Morgan fingerprint density at radius 2 is 1.00 bits per heavy atom. The minimum Gasteiger partial charge on any atom is -0.0776 e. The molecule has 0 aromatic rings. The zero-order valence-corrected chi connectivity index (χ0v) is 5.74. The van der Waals surface area contributed by atoms with Crippen LogP contribution in [0.25, 0.3) is 0 Å². The molecule has 3 radical (unpaired) electrons. The van der Waals surface area contributed by atoms with Gasteiger partial charge in [-0.1, -0.05) is 7.43 Å². The molecule has 0 atom stereocenters. The van der Waals surface area contributed by atoms with Crippen molar-refractivity contribution in [3.05, 3.63) is 0 Å². The van der Waals surface area contributed by atoms with Gasteiger partial charge in [0.2, 0.25) is 0 Å². The summed E-state index contributed by atoms with van der Waals surface area (Å²) in [6.45, 7) is 0. The van der Waals surface area contributed by atoms with Crippen LogP contribution in [0.1, 0.15) is 7.43 Å². The predicted molar refractivity (Wildman–Crippen MR) is 12.5 cm³/mol. The summed E-state index contributed by atoms with van der Waals surface area (Å²) in [4.78, 5) is 0. The summed E-state index contributed by atoms with van der Waals surface area (Å²) in [5.74, 6) is 0. The first-order valence-electron chi connectivity index (χ1n) is 0. The first-order chi connectivity index (χ1) is 0. The molecule has 0 aliphatic carbocycles. The van der Waals surface area contributed by atoms with Gasteiger partial charge in [0.1, 0.15) is 0 Å². The molecule has 23 valence electrons. The maximum Gasteiger partial charge on any atom is 0 e. The van der Waals surface area contributed by atoms with Gasteiger partial charge < -0.3 is 0 Å². The van der Waals surface area contributed by atoms with E-state index in [1.165, 1.54) is 0 Å². The van der Waals surface area contributed by atoms with Crippen molar-refractivity contribution in [1.82, 2.24) is 0 Å². The Balaban J connectivity index is 0. The minimum atomic E-state index is 0. The van der Waals surface area contributed by atoms with Gasteiger partial charge in [0.05, 0.1) is 0 Å². The fourth-order valence-electron chi connectivity index (χ4n) is 0. The number of rotatable bonds is 0. The monoisotopic (exact) mass is 225 g/mol. The fraction of sp³-hybridized carbons (Fsp3) is 1.00. The molecule has 4 heavy (non-hydrogen) atoms. The summed E-state index contributed by atoms with van der Waals surface area (Å²) in [6.07, 6.45) is 0. The molecule has 0 aromatic heterocycles. The average Bonchev–Trinajstić information content (AvgIpc) is 0. The van der Waals surface area contributed by atoms with Crippen LogP contribution in [0.5, 0.6) is 0 Å². The summed E-state index contributed by atoms with van der Waals surface area (Å²) in [6, 6.07) is 0.